The second-order valence-electron chi connectivity index (χ2n) is 4.01. The Morgan fingerprint density at radius 2 is 1.89 bits per heavy atom. The molecule has 19 heavy (non-hydrogen) atoms. The molecular formula is C13H9BrF2N2O. The highest BCUT2D eigenvalue weighted by Crippen LogP contribution is 2.22. The van der Waals surface area contributed by atoms with E-state index in [1.165, 1.54) is 18.5 Å². The largest absolute Gasteiger partial charge is 0.290 e. The highest BCUT2D eigenvalue weighted by Gasteiger charge is 2.18. The number of carbonyl (C=O) groups is 1. The van der Waals surface area contributed by atoms with Gasteiger partial charge in [0.1, 0.15) is 11.6 Å². The third-order valence-electron chi connectivity index (χ3n) is 2.51. The van der Waals surface area contributed by atoms with Gasteiger partial charge in [0, 0.05) is 24.4 Å². The van der Waals surface area contributed by atoms with Gasteiger partial charge in [-0.2, -0.15) is 0 Å². The van der Waals surface area contributed by atoms with Gasteiger partial charge in [0.25, 0.3) is 0 Å². The summed E-state index contributed by atoms with van der Waals surface area (Å²) in [5.41, 5.74) is 0.514. The molecule has 0 amide bonds. The van der Waals surface area contributed by atoms with Crippen LogP contribution in [-0.4, -0.2) is 15.8 Å². The summed E-state index contributed by atoms with van der Waals surface area (Å²) in [6, 6.07) is 2.35. The molecule has 0 spiro atoms. The summed E-state index contributed by atoms with van der Waals surface area (Å²) >= 11 is 2.95. The number of rotatable bonds is 3. The van der Waals surface area contributed by atoms with Crippen LogP contribution >= 0.6 is 15.9 Å². The van der Waals surface area contributed by atoms with E-state index in [1.807, 2.05) is 0 Å². The van der Waals surface area contributed by atoms with Crippen LogP contribution in [0.15, 0.2) is 29.0 Å². The fourth-order valence-electron chi connectivity index (χ4n) is 1.51. The average molecular weight is 327 g/mol. The molecule has 0 saturated heterocycles. The second-order valence-corrected chi connectivity index (χ2v) is 4.86. The van der Waals surface area contributed by atoms with Crippen molar-refractivity contribution in [2.24, 2.45) is 0 Å². The lowest BCUT2D eigenvalue weighted by Crippen LogP contribution is -2.11. The smallest absolute Gasteiger partial charge is 0.204 e. The molecule has 2 rings (SSSR count). The van der Waals surface area contributed by atoms with E-state index in [2.05, 4.69) is 25.9 Å². The first-order chi connectivity index (χ1) is 8.99. The van der Waals surface area contributed by atoms with Crippen LogP contribution in [0.2, 0.25) is 0 Å². The molecule has 0 bridgehead atoms. The van der Waals surface area contributed by atoms with Gasteiger partial charge in [0.05, 0.1) is 4.47 Å². The molecule has 3 nitrogen and oxygen atoms in total. The molecule has 0 atom stereocenters. The number of benzene rings is 1. The maximum Gasteiger partial charge on any atom is 0.204 e. The Morgan fingerprint density at radius 1 is 1.26 bits per heavy atom. The van der Waals surface area contributed by atoms with Gasteiger partial charge in [-0.05, 0) is 40.5 Å². The van der Waals surface area contributed by atoms with Crippen molar-refractivity contribution < 1.29 is 13.6 Å². The number of aryl methyl sites for hydroxylation is 1. The van der Waals surface area contributed by atoms with Crippen LogP contribution in [0.3, 0.4) is 0 Å². The Labute approximate surface area is 116 Å². The van der Waals surface area contributed by atoms with E-state index in [4.69, 9.17) is 0 Å². The summed E-state index contributed by atoms with van der Waals surface area (Å²) in [4.78, 5) is 19.5. The zero-order chi connectivity index (χ0) is 14.0. The standard InChI is InChI=1S/C13H9BrF2N2O/c1-7-5-17-13(18-6-7)11(19)4-8-10(15)3-2-9(14)12(8)16/h2-3,5-6H,4H2,1H3. The van der Waals surface area contributed by atoms with Gasteiger partial charge in [0.15, 0.2) is 5.82 Å². The number of hydrogen-bond acceptors (Lipinski definition) is 3. The molecule has 2 aromatic rings. The van der Waals surface area contributed by atoms with Crippen LogP contribution < -0.4 is 0 Å². The van der Waals surface area contributed by atoms with Gasteiger partial charge in [-0.3, -0.25) is 4.79 Å². The van der Waals surface area contributed by atoms with Crippen LogP contribution in [0.25, 0.3) is 0 Å². The van der Waals surface area contributed by atoms with Crippen LogP contribution in [-0.2, 0) is 6.42 Å². The number of hydrogen-bond donors (Lipinski definition) is 0. The number of ketones is 1. The summed E-state index contributed by atoms with van der Waals surface area (Å²) in [7, 11) is 0. The quantitative estimate of drug-likeness (QED) is 0.642. The van der Waals surface area contributed by atoms with Crippen LogP contribution in [0, 0.1) is 18.6 Å². The first kappa shape index (κ1) is 13.7. The van der Waals surface area contributed by atoms with Crippen molar-refractivity contribution in [1.29, 1.82) is 0 Å². The predicted octanol–water partition coefficient (Wildman–Crippen LogP) is 3.25. The Balaban J connectivity index is 2.29. The molecule has 1 aromatic heterocycles. The van der Waals surface area contributed by atoms with Crippen molar-refractivity contribution in [1.82, 2.24) is 9.97 Å². The van der Waals surface area contributed by atoms with Crippen LogP contribution in [0.4, 0.5) is 8.78 Å². The fraction of sp³-hybridized carbons (Fsp3) is 0.154. The Bertz CT molecular complexity index is 629. The maximum atomic E-state index is 13.7. The van der Waals surface area contributed by atoms with Crippen molar-refractivity contribution in [3.63, 3.8) is 0 Å². The summed E-state index contributed by atoms with van der Waals surface area (Å²) in [5, 5.41) is 0. The second kappa shape index (κ2) is 5.52. The maximum absolute atomic E-state index is 13.7. The molecule has 0 aliphatic rings. The van der Waals surface area contributed by atoms with Gasteiger partial charge in [-0.15, -0.1) is 0 Å². The van der Waals surface area contributed by atoms with E-state index in [0.29, 0.717) is 0 Å². The molecular weight excluding hydrogens is 318 g/mol. The topological polar surface area (TPSA) is 42.9 Å². The van der Waals surface area contributed by atoms with Gasteiger partial charge >= 0.3 is 0 Å². The molecule has 0 radical (unpaired) electrons. The lowest BCUT2D eigenvalue weighted by molar-refractivity contribution is 0.0980. The van der Waals surface area contributed by atoms with E-state index in [0.717, 1.165) is 11.6 Å². The molecule has 0 aliphatic heterocycles. The van der Waals surface area contributed by atoms with Gasteiger partial charge in [0.2, 0.25) is 5.78 Å². The number of carbonyl (C=O) groups excluding carboxylic acids is 1. The van der Waals surface area contributed by atoms with Gasteiger partial charge in [-0.1, -0.05) is 0 Å². The lowest BCUT2D eigenvalue weighted by atomic mass is 10.1. The normalized spacial score (nSPS) is 10.5. The lowest BCUT2D eigenvalue weighted by Gasteiger charge is -2.05. The Kier molecular flexibility index (Phi) is 3.99. The minimum absolute atomic E-state index is 0.0515. The van der Waals surface area contributed by atoms with E-state index >= 15 is 0 Å². The first-order valence-corrected chi connectivity index (χ1v) is 6.22. The molecule has 0 fully saturated rings. The number of aromatic nitrogens is 2. The third kappa shape index (κ3) is 3.01. The van der Waals surface area contributed by atoms with Crippen LogP contribution in [0.5, 0.6) is 0 Å². The number of nitrogens with zero attached hydrogens (tertiary/aromatic N) is 2. The van der Waals surface area contributed by atoms with E-state index in [1.54, 1.807) is 6.92 Å². The molecule has 6 heteroatoms. The third-order valence-corrected chi connectivity index (χ3v) is 3.12. The molecule has 0 N–H and O–H groups in total. The molecule has 0 saturated carbocycles. The summed E-state index contributed by atoms with van der Waals surface area (Å²) in [6.45, 7) is 1.78. The number of Topliss-reactive ketones (excluding diaryl/α,β-unsaturated/α-hetero) is 1. The summed E-state index contributed by atoms with van der Waals surface area (Å²) in [6.07, 6.45) is 2.54. The molecule has 0 unspecified atom stereocenters. The first-order valence-electron chi connectivity index (χ1n) is 5.43. The van der Waals surface area contributed by atoms with Crippen LogP contribution in [0.1, 0.15) is 21.7 Å². The summed E-state index contributed by atoms with van der Waals surface area (Å²) in [5.74, 6) is -2.12. The zero-order valence-electron chi connectivity index (χ0n) is 9.95. The van der Waals surface area contributed by atoms with E-state index in [-0.39, 0.29) is 15.9 Å². The van der Waals surface area contributed by atoms with Crippen molar-refractivity contribution in [2.75, 3.05) is 0 Å². The highest BCUT2D eigenvalue weighted by atomic mass is 79.9. The zero-order valence-corrected chi connectivity index (χ0v) is 11.5. The Hall–Kier alpha value is -1.69. The Morgan fingerprint density at radius 3 is 2.53 bits per heavy atom. The van der Waals surface area contributed by atoms with E-state index < -0.39 is 23.8 Å². The van der Waals surface area contributed by atoms with Crippen molar-refractivity contribution in [3.05, 3.63) is 57.6 Å². The molecule has 1 aromatic carbocycles. The van der Waals surface area contributed by atoms with Gasteiger partial charge < -0.3 is 0 Å². The minimum Gasteiger partial charge on any atom is -0.290 e. The number of halogens is 3. The predicted molar refractivity (Wildman–Crippen MR) is 68.9 cm³/mol. The molecule has 0 aliphatic carbocycles. The van der Waals surface area contributed by atoms with Crippen molar-refractivity contribution >= 4 is 21.7 Å². The molecule has 98 valence electrons. The van der Waals surface area contributed by atoms with E-state index in [9.17, 15) is 13.6 Å². The van der Waals surface area contributed by atoms with Crippen molar-refractivity contribution in [3.8, 4) is 0 Å². The van der Waals surface area contributed by atoms with Crippen molar-refractivity contribution in [2.45, 2.75) is 13.3 Å². The molecule has 1 heterocycles. The fourth-order valence-corrected chi connectivity index (χ4v) is 1.88. The minimum atomic E-state index is -0.777. The monoisotopic (exact) mass is 326 g/mol. The van der Waals surface area contributed by atoms with Gasteiger partial charge in [-0.25, -0.2) is 18.7 Å². The SMILES string of the molecule is Cc1cnc(C(=O)Cc2c(F)ccc(Br)c2F)nc1. The average Bonchev–Trinajstić information content (AvgIpc) is 2.40. The summed E-state index contributed by atoms with van der Waals surface area (Å²) < 4.78 is 27.4. The highest BCUT2D eigenvalue weighted by molar-refractivity contribution is 9.10.